The topological polar surface area (TPSA) is 34.0 Å². The smallest absolute Gasteiger partial charge is 0.149 e. The van der Waals surface area contributed by atoms with Crippen molar-refractivity contribution in [3.05, 3.63) is 39.9 Å². The lowest BCUT2D eigenvalue weighted by Crippen LogP contribution is -2.31. The van der Waals surface area contributed by atoms with E-state index in [1.807, 2.05) is 23.7 Å². The lowest BCUT2D eigenvalue weighted by atomic mass is 10.0. The van der Waals surface area contributed by atoms with Gasteiger partial charge in [-0.3, -0.25) is 4.90 Å². The number of aromatic nitrogens is 3. The molecular formula is C15H18Cl2N4. The molecule has 1 saturated heterocycles. The van der Waals surface area contributed by atoms with Gasteiger partial charge < -0.3 is 0 Å². The molecular weight excluding hydrogens is 307 g/mol. The minimum atomic E-state index is 0.284. The van der Waals surface area contributed by atoms with E-state index in [4.69, 9.17) is 23.2 Å². The molecule has 1 aromatic carbocycles. The Morgan fingerprint density at radius 2 is 2.05 bits per heavy atom. The van der Waals surface area contributed by atoms with Crippen LogP contribution in [-0.2, 0) is 0 Å². The molecule has 0 N–H and O–H groups in total. The first-order chi connectivity index (χ1) is 10.1. The van der Waals surface area contributed by atoms with E-state index in [2.05, 4.69) is 22.0 Å². The van der Waals surface area contributed by atoms with E-state index < -0.39 is 0 Å². The SMILES string of the molecule is Cc1nc(C2CCCCN2C)n(-c2ccc(Cl)cc2Cl)n1. The number of piperidine rings is 1. The molecule has 1 aliphatic rings. The molecule has 2 heterocycles. The Kier molecular flexibility index (Phi) is 4.20. The molecule has 0 spiro atoms. The van der Waals surface area contributed by atoms with Crippen LogP contribution in [0.3, 0.4) is 0 Å². The van der Waals surface area contributed by atoms with Gasteiger partial charge in [0.25, 0.3) is 0 Å². The Labute approximate surface area is 134 Å². The van der Waals surface area contributed by atoms with E-state index in [1.165, 1.54) is 12.8 Å². The van der Waals surface area contributed by atoms with Crippen LogP contribution in [-0.4, -0.2) is 33.3 Å². The van der Waals surface area contributed by atoms with Crippen molar-refractivity contribution in [3.63, 3.8) is 0 Å². The maximum Gasteiger partial charge on any atom is 0.149 e. The molecule has 0 radical (unpaired) electrons. The van der Waals surface area contributed by atoms with Crippen LogP contribution < -0.4 is 0 Å². The van der Waals surface area contributed by atoms with Gasteiger partial charge in [-0.05, 0) is 51.6 Å². The Morgan fingerprint density at radius 3 is 2.76 bits per heavy atom. The van der Waals surface area contributed by atoms with Gasteiger partial charge in [0, 0.05) is 5.02 Å². The molecule has 3 rings (SSSR count). The van der Waals surface area contributed by atoms with Crippen molar-refractivity contribution in [1.29, 1.82) is 0 Å². The summed E-state index contributed by atoms with van der Waals surface area (Å²) in [7, 11) is 2.14. The highest BCUT2D eigenvalue weighted by molar-refractivity contribution is 6.35. The lowest BCUT2D eigenvalue weighted by molar-refractivity contribution is 0.177. The summed E-state index contributed by atoms with van der Waals surface area (Å²) in [5, 5.41) is 5.74. The molecule has 6 heteroatoms. The van der Waals surface area contributed by atoms with E-state index in [-0.39, 0.29) is 6.04 Å². The molecule has 1 unspecified atom stereocenters. The maximum absolute atomic E-state index is 6.33. The Morgan fingerprint density at radius 1 is 1.24 bits per heavy atom. The average molecular weight is 325 g/mol. The van der Waals surface area contributed by atoms with Gasteiger partial charge in [0.05, 0.1) is 16.8 Å². The van der Waals surface area contributed by atoms with Gasteiger partial charge in [0.1, 0.15) is 11.6 Å². The van der Waals surface area contributed by atoms with Crippen LogP contribution in [0.4, 0.5) is 0 Å². The first kappa shape index (κ1) is 14.8. The highest BCUT2D eigenvalue weighted by Crippen LogP contribution is 2.32. The van der Waals surface area contributed by atoms with Crippen LogP contribution in [0.1, 0.15) is 37.0 Å². The minimum Gasteiger partial charge on any atom is -0.296 e. The number of benzene rings is 1. The molecule has 0 bridgehead atoms. The Balaban J connectivity index is 2.06. The number of hydrogen-bond acceptors (Lipinski definition) is 3. The average Bonchev–Trinajstić information content (AvgIpc) is 2.81. The van der Waals surface area contributed by atoms with Crippen molar-refractivity contribution in [2.45, 2.75) is 32.2 Å². The summed E-state index contributed by atoms with van der Waals surface area (Å²) >= 11 is 12.3. The Bertz CT molecular complexity index is 653. The molecule has 0 aliphatic carbocycles. The second kappa shape index (κ2) is 5.95. The van der Waals surface area contributed by atoms with Crippen LogP contribution >= 0.6 is 23.2 Å². The monoisotopic (exact) mass is 324 g/mol. The third kappa shape index (κ3) is 2.93. The second-order valence-corrected chi connectivity index (χ2v) is 6.36. The largest absolute Gasteiger partial charge is 0.296 e. The van der Waals surface area contributed by atoms with Gasteiger partial charge >= 0.3 is 0 Å². The first-order valence-corrected chi connectivity index (χ1v) is 7.91. The zero-order valence-corrected chi connectivity index (χ0v) is 13.7. The maximum atomic E-state index is 6.33. The molecule has 1 aromatic heterocycles. The number of halogens is 2. The molecule has 0 amide bonds. The summed E-state index contributed by atoms with van der Waals surface area (Å²) < 4.78 is 1.86. The van der Waals surface area contributed by atoms with Crippen molar-refractivity contribution < 1.29 is 0 Å². The third-order valence-electron chi connectivity index (χ3n) is 3.94. The fraction of sp³-hybridized carbons (Fsp3) is 0.467. The number of hydrogen-bond donors (Lipinski definition) is 0. The number of rotatable bonds is 2. The molecule has 1 fully saturated rings. The fourth-order valence-electron chi connectivity index (χ4n) is 2.88. The van der Waals surface area contributed by atoms with Crippen molar-refractivity contribution in [3.8, 4) is 5.69 Å². The predicted octanol–water partition coefficient (Wildman–Crippen LogP) is 4.04. The standard InChI is InChI=1S/C15H18Cl2N4/c1-10-18-15(14-5-3-4-8-20(14)2)21(19-10)13-7-6-11(16)9-12(13)17/h6-7,9,14H,3-5,8H2,1-2H3. The second-order valence-electron chi connectivity index (χ2n) is 5.52. The normalized spacial score (nSPS) is 19.9. The van der Waals surface area contributed by atoms with E-state index >= 15 is 0 Å². The minimum absolute atomic E-state index is 0.284. The molecule has 2 aromatic rings. The van der Waals surface area contributed by atoms with E-state index in [9.17, 15) is 0 Å². The number of likely N-dealkylation sites (tertiary alicyclic amines) is 1. The van der Waals surface area contributed by atoms with Gasteiger partial charge in [-0.1, -0.05) is 29.6 Å². The summed E-state index contributed by atoms with van der Waals surface area (Å²) in [5.74, 6) is 1.72. The summed E-state index contributed by atoms with van der Waals surface area (Å²) in [5.41, 5.74) is 0.829. The van der Waals surface area contributed by atoms with Crippen LogP contribution in [0.25, 0.3) is 5.69 Å². The van der Waals surface area contributed by atoms with Crippen molar-refractivity contribution >= 4 is 23.2 Å². The quantitative estimate of drug-likeness (QED) is 0.836. The molecule has 112 valence electrons. The fourth-order valence-corrected chi connectivity index (χ4v) is 3.37. The van der Waals surface area contributed by atoms with E-state index in [1.54, 1.807) is 6.07 Å². The highest BCUT2D eigenvalue weighted by atomic mass is 35.5. The molecule has 0 saturated carbocycles. The van der Waals surface area contributed by atoms with Gasteiger partial charge in [0.2, 0.25) is 0 Å². The van der Waals surface area contributed by atoms with Crippen LogP contribution in [0.2, 0.25) is 10.0 Å². The molecule has 21 heavy (non-hydrogen) atoms. The van der Waals surface area contributed by atoms with Crippen molar-refractivity contribution in [2.24, 2.45) is 0 Å². The predicted molar refractivity (Wildman–Crippen MR) is 85.3 cm³/mol. The highest BCUT2D eigenvalue weighted by Gasteiger charge is 2.27. The van der Waals surface area contributed by atoms with Crippen molar-refractivity contribution in [1.82, 2.24) is 19.7 Å². The van der Waals surface area contributed by atoms with Gasteiger partial charge in [-0.2, -0.15) is 5.10 Å². The van der Waals surface area contributed by atoms with Crippen molar-refractivity contribution in [2.75, 3.05) is 13.6 Å². The number of aryl methyl sites for hydroxylation is 1. The Hall–Kier alpha value is -1.10. The van der Waals surface area contributed by atoms with Gasteiger partial charge in [0.15, 0.2) is 0 Å². The summed E-state index contributed by atoms with van der Waals surface area (Å²) in [6.45, 7) is 3.00. The zero-order valence-electron chi connectivity index (χ0n) is 12.2. The van der Waals surface area contributed by atoms with E-state index in [0.717, 1.165) is 30.3 Å². The summed E-state index contributed by atoms with van der Waals surface area (Å²) in [4.78, 5) is 6.98. The van der Waals surface area contributed by atoms with Crippen LogP contribution in [0, 0.1) is 6.92 Å². The zero-order chi connectivity index (χ0) is 15.0. The van der Waals surface area contributed by atoms with Gasteiger partial charge in [-0.15, -0.1) is 0 Å². The lowest BCUT2D eigenvalue weighted by Gasteiger charge is -2.31. The first-order valence-electron chi connectivity index (χ1n) is 7.15. The number of nitrogens with zero attached hydrogens (tertiary/aromatic N) is 4. The molecule has 4 nitrogen and oxygen atoms in total. The van der Waals surface area contributed by atoms with E-state index in [0.29, 0.717) is 10.0 Å². The molecule has 1 atom stereocenters. The van der Waals surface area contributed by atoms with Crippen LogP contribution in [0.5, 0.6) is 0 Å². The molecule has 1 aliphatic heterocycles. The van der Waals surface area contributed by atoms with Gasteiger partial charge in [-0.25, -0.2) is 9.67 Å². The third-order valence-corrected chi connectivity index (χ3v) is 4.48. The summed E-state index contributed by atoms with van der Waals surface area (Å²) in [6.07, 6.45) is 3.55. The summed E-state index contributed by atoms with van der Waals surface area (Å²) in [6, 6.07) is 5.75. The van der Waals surface area contributed by atoms with Crippen LogP contribution in [0.15, 0.2) is 18.2 Å².